The van der Waals surface area contributed by atoms with Crippen molar-refractivity contribution in [3.8, 4) is 5.75 Å². The number of hydrogen-bond donors (Lipinski definition) is 5. The molecule has 37 heavy (non-hydrogen) atoms. The van der Waals surface area contributed by atoms with E-state index >= 15 is 0 Å². The van der Waals surface area contributed by atoms with Crippen LogP contribution in [0.25, 0.3) is 0 Å². The maximum Gasteiger partial charge on any atom is 0.255 e. The number of carbonyl (C=O) groups is 3. The first-order valence-corrected chi connectivity index (χ1v) is 12.2. The van der Waals surface area contributed by atoms with Crippen LogP contribution in [0.2, 0.25) is 0 Å². The Kier molecular flexibility index (Phi) is 6.00. The summed E-state index contributed by atoms with van der Waals surface area (Å²) in [6.07, 6.45) is 0.306. The van der Waals surface area contributed by atoms with E-state index in [9.17, 15) is 34.8 Å². The van der Waals surface area contributed by atoms with Gasteiger partial charge in [0.15, 0.2) is 11.4 Å². The predicted molar refractivity (Wildman–Crippen MR) is 137 cm³/mol. The lowest BCUT2D eigenvalue weighted by molar-refractivity contribution is -0.148. The van der Waals surface area contributed by atoms with Gasteiger partial charge in [0.05, 0.1) is 11.6 Å². The van der Waals surface area contributed by atoms with Gasteiger partial charge in [-0.3, -0.25) is 19.3 Å². The van der Waals surface area contributed by atoms with Gasteiger partial charge in [0.25, 0.3) is 5.91 Å². The Morgan fingerprint density at radius 3 is 2.19 bits per heavy atom. The molecule has 10 nitrogen and oxygen atoms in total. The van der Waals surface area contributed by atoms with Crippen LogP contribution in [0.1, 0.15) is 48.7 Å². The number of nitrogens with two attached hydrogens (primary N) is 1. The highest BCUT2D eigenvalue weighted by Crippen LogP contribution is 2.54. The van der Waals surface area contributed by atoms with E-state index in [-0.39, 0.29) is 29.7 Å². The lowest BCUT2D eigenvalue weighted by Gasteiger charge is -2.50. The second-order valence-electron chi connectivity index (χ2n) is 11.8. The number of fused-ring (bicyclic) bond motifs is 3. The number of Topliss-reactive ketones (excluding diaryl/α,β-unsaturated/α-hetero) is 2. The third-order valence-electron chi connectivity index (χ3n) is 7.99. The second-order valence-corrected chi connectivity index (χ2v) is 11.8. The van der Waals surface area contributed by atoms with Crippen molar-refractivity contribution in [1.29, 1.82) is 0 Å². The number of allylic oxidation sites excluding steroid dienone is 1. The molecule has 3 aliphatic rings. The normalized spacial score (nSPS) is 27.8. The van der Waals surface area contributed by atoms with Crippen molar-refractivity contribution in [3.05, 3.63) is 45.4 Å². The molecule has 1 amide bonds. The summed E-state index contributed by atoms with van der Waals surface area (Å²) in [6, 6.07) is 0.839. The Morgan fingerprint density at radius 2 is 1.70 bits per heavy atom. The number of aliphatic hydroxyl groups excluding tert-OH is 2. The van der Waals surface area contributed by atoms with Crippen LogP contribution >= 0.6 is 0 Å². The van der Waals surface area contributed by atoms with Gasteiger partial charge in [-0.2, -0.15) is 0 Å². The van der Waals surface area contributed by atoms with E-state index < -0.39 is 63.5 Å². The molecule has 10 heteroatoms. The average Bonchev–Trinajstić information content (AvgIpc) is 2.74. The molecule has 200 valence electrons. The van der Waals surface area contributed by atoms with Gasteiger partial charge in [-0.05, 0) is 49.9 Å². The molecule has 4 atom stereocenters. The van der Waals surface area contributed by atoms with Crippen molar-refractivity contribution >= 4 is 23.2 Å². The molecule has 0 spiro atoms. The number of primary amides is 1. The van der Waals surface area contributed by atoms with Crippen LogP contribution in [-0.2, 0) is 21.4 Å². The Bertz CT molecular complexity index is 1300. The van der Waals surface area contributed by atoms with E-state index in [1.807, 2.05) is 45.8 Å². The second kappa shape index (κ2) is 8.32. The van der Waals surface area contributed by atoms with Crippen LogP contribution in [0, 0.1) is 11.8 Å². The van der Waals surface area contributed by atoms with E-state index in [0.717, 1.165) is 5.69 Å². The minimum absolute atomic E-state index is 0.0249. The molecule has 4 rings (SSSR count). The number of ketones is 2. The number of rotatable bonds is 3. The zero-order valence-corrected chi connectivity index (χ0v) is 22.2. The number of hydrogen-bond acceptors (Lipinski definition) is 9. The number of amides is 1. The Balaban J connectivity index is 2.02. The SMILES string of the molecule is CN(C)c1cc(C(C)(C)C)c(O)c2c1C[C@H]1C[C@H]3[C@H](N(C)C)C(O)=C(C(N)=O)C(=O)[C@@]3(O)C(O)=C1C2=O. The van der Waals surface area contributed by atoms with E-state index in [0.29, 0.717) is 11.1 Å². The fourth-order valence-electron chi connectivity index (χ4n) is 6.27. The highest BCUT2D eigenvalue weighted by molar-refractivity contribution is 6.25. The van der Waals surface area contributed by atoms with Gasteiger partial charge in [0, 0.05) is 36.8 Å². The molecule has 0 aromatic heterocycles. The fourth-order valence-corrected chi connectivity index (χ4v) is 6.27. The first-order valence-electron chi connectivity index (χ1n) is 12.2. The Labute approximate surface area is 215 Å². The molecule has 0 saturated carbocycles. The third kappa shape index (κ3) is 3.57. The quantitative estimate of drug-likeness (QED) is 0.377. The van der Waals surface area contributed by atoms with Gasteiger partial charge in [-0.15, -0.1) is 0 Å². The lowest BCUT2D eigenvalue weighted by Crippen LogP contribution is -2.63. The first-order chi connectivity index (χ1) is 17.0. The largest absolute Gasteiger partial charge is 0.510 e. The Hall–Kier alpha value is -3.37. The molecular weight excluding hydrogens is 478 g/mol. The highest BCUT2D eigenvalue weighted by Gasteiger charge is 2.63. The van der Waals surface area contributed by atoms with Gasteiger partial charge in [-0.1, -0.05) is 20.8 Å². The zero-order chi connectivity index (χ0) is 27.9. The molecule has 0 heterocycles. The number of benzene rings is 1. The summed E-state index contributed by atoms with van der Waals surface area (Å²) < 4.78 is 0. The van der Waals surface area contributed by atoms with Gasteiger partial charge < -0.3 is 31.1 Å². The van der Waals surface area contributed by atoms with Gasteiger partial charge in [0.2, 0.25) is 5.78 Å². The van der Waals surface area contributed by atoms with Gasteiger partial charge in [0.1, 0.15) is 22.8 Å². The van der Waals surface area contributed by atoms with Crippen molar-refractivity contribution in [1.82, 2.24) is 4.90 Å². The molecule has 0 fully saturated rings. The van der Waals surface area contributed by atoms with Gasteiger partial charge >= 0.3 is 0 Å². The molecule has 0 saturated heterocycles. The molecule has 0 aliphatic heterocycles. The number of anilines is 1. The number of aliphatic hydroxyl groups is 3. The molecule has 0 radical (unpaired) electrons. The number of aromatic hydroxyl groups is 1. The van der Waals surface area contributed by atoms with Crippen LogP contribution in [0.4, 0.5) is 5.69 Å². The Morgan fingerprint density at radius 1 is 1.11 bits per heavy atom. The number of nitrogens with zero attached hydrogens (tertiary/aromatic N) is 2. The van der Waals surface area contributed by atoms with Crippen LogP contribution in [0.3, 0.4) is 0 Å². The van der Waals surface area contributed by atoms with Crippen molar-refractivity contribution in [2.24, 2.45) is 17.6 Å². The molecule has 1 aromatic carbocycles. The van der Waals surface area contributed by atoms with E-state index in [1.165, 1.54) is 4.90 Å². The maximum absolute atomic E-state index is 14.0. The molecule has 1 aromatic rings. The van der Waals surface area contributed by atoms with Crippen LogP contribution in [-0.4, -0.2) is 82.6 Å². The number of phenolic OH excluding ortho intramolecular Hbond substituents is 1. The third-order valence-corrected chi connectivity index (χ3v) is 7.99. The standard InChI is InChI=1S/C27H35N3O7/c1-26(2,3)14-10-15(29(4)5)12-8-11-9-13-19(30(6)7)22(33)18(25(28)36)24(35)27(13,37)23(34)16(11)21(32)17(12)20(14)31/h10-11,13,19,31,33-34,37H,8-9H2,1-7H3,(H2,28,36)/t11-,13-,19-,27-/m0/s1. The lowest BCUT2D eigenvalue weighted by atomic mass is 9.58. The fraction of sp³-hybridized carbons (Fsp3) is 0.519. The summed E-state index contributed by atoms with van der Waals surface area (Å²) in [5, 5.41) is 45.3. The summed E-state index contributed by atoms with van der Waals surface area (Å²) in [6.45, 7) is 5.71. The van der Waals surface area contributed by atoms with E-state index in [1.54, 1.807) is 14.1 Å². The summed E-state index contributed by atoms with van der Waals surface area (Å²) >= 11 is 0. The van der Waals surface area contributed by atoms with Crippen molar-refractivity contribution in [3.63, 3.8) is 0 Å². The van der Waals surface area contributed by atoms with Crippen LogP contribution in [0.5, 0.6) is 5.75 Å². The summed E-state index contributed by atoms with van der Waals surface area (Å²) in [5.41, 5.74) is 3.15. The minimum atomic E-state index is -2.65. The summed E-state index contributed by atoms with van der Waals surface area (Å²) in [7, 11) is 6.87. The number of carbonyl (C=O) groups excluding carboxylic acids is 3. The van der Waals surface area contributed by atoms with Crippen LogP contribution in [0.15, 0.2) is 28.7 Å². The summed E-state index contributed by atoms with van der Waals surface area (Å²) in [4.78, 5) is 42.9. The molecule has 6 N–H and O–H groups in total. The average molecular weight is 514 g/mol. The number of phenols is 1. The maximum atomic E-state index is 14.0. The van der Waals surface area contributed by atoms with Crippen LogP contribution < -0.4 is 10.6 Å². The number of likely N-dealkylation sites (N-methyl/N-ethyl adjacent to an activating group) is 1. The summed E-state index contributed by atoms with van der Waals surface area (Å²) in [5.74, 6) is -6.49. The van der Waals surface area contributed by atoms with E-state index in [4.69, 9.17) is 5.73 Å². The van der Waals surface area contributed by atoms with Crippen molar-refractivity contribution in [2.75, 3.05) is 33.1 Å². The highest BCUT2D eigenvalue weighted by atomic mass is 16.3. The molecular formula is C27H35N3O7. The van der Waals surface area contributed by atoms with Crippen molar-refractivity contribution in [2.45, 2.75) is 50.7 Å². The zero-order valence-electron chi connectivity index (χ0n) is 22.2. The monoisotopic (exact) mass is 513 g/mol. The molecule has 0 bridgehead atoms. The smallest absolute Gasteiger partial charge is 0.255 e. The first kappa shape index (κ1) is 26.7. The molecule has 0 unspecified atom stereocenters. The predicted octanol–water partition coefficient (Wildman–Crippen LogP) is 1.48. The van der Waals surface area contributed by atoms with E-state index in [2.05, 4.69) is 0 Å². The minimum Gasteiger partial charge on any atom is -0.510 e. The molecule has 3 aliphatic carbocycles. The van der Waals surface area contributed by atoms with Gasteiger partial charge in [-0.25, -0.2) is 0 Å². The topological polar surface area (TPSA) is 165 Å². The van der Waals surface area contributed by atoms with Crippen molar-refractivity contribution < 1.29 is 34.8 Å².